The van der Waals surface area contributed by atoms with Gasteiger partial charge in [0.1, 0.15) is 0 Å². The van der Waals surface area contributed by atoms with Crippen LogP contribution in [-0.4, -0.2) is 70.7 Å². The molecular weight excluding hydrogens is 392 g/mol. The highest BCUT2D eigenvalue weighted by atomic mass is 32.2. The quantitative estimate of drug-likeness (QED) is 0.617. The molecule has 1 fully saturated rings. The van der Waals surface area contributed by atoms with E-state index >= 15 is 0 Å². The van der Waals surface area contributed by atoms with Gasteiger partial charge in [0.05, 0.1) is 16.3 Å². The second kappa shape index (κ2) is 8.65. The third kappa shape index (κ3) is 5.72. The van der Waals surface area contributed by atoms with E-state index in [4.69, 9.17) is 5.14 Å². The van der Waals surface area contributed by atoms with Gasteiger partial charge in [-0.1, -0.05) is 13.0 Å². The molecule has 0 spiro atoms. The minimum Gasteiger partial charge on any atom is -0.353 e. The maximum absolute atomic E-state index is 12.8. The summed E-state index contributed by atoms with van der Waals surface area (Å²) in [6.07, 6.45) is 0.843. The van der Waals surface area contributed by atoms with Gasteiger partial charge in [-0.2, -0.15) is 4.31 Å². The topological polar surface area (TPSA) is 130 Å². The van der Waals surface area contributed by atoms with Gasteiger partial charge in [0.2, 0.25) is 26.0 Å². The molecule has 1 unspecified atom stereocenters. The fourth-order valence-electron chi connectivity index (χ4n) is 2.71. The number of sulfonamides is 2. The molecule has 1 atom stereocenters. The highest BCUT2D eigenvalue weighted by Crippen LogP contribution is 2.20. The van der Waals surface area contributed by atoms with Gasteiger partial charge in [-0.3, -0.25) is 9.69 Å². The van der Waals surface area contributed by atoms with Crippen molar-refractivity contribution in [2.24, 2.45) is 5.14 Å². The van der Waals surface area contributed by atoms with Crippen LogP contribution in [0.25, 0.3) is 0 Å². The standard InChI is InChI=1S/C16H26N4O5S2/c1-3-13(2)18-16(21)12-19-7-9-20(10-8-19)27(24,25)15-6-4-5-14(11-15)26(17,22)23/h4-6,11,13H,3,7-10,12H2,1-2H3,(H,18,21)(H2,17,22,23). The van der Waals surface area contributed by atoms with Gasteiger partial charge < -0.3 is 5.32 Å². The average molecular weight is 419 g/mol. The summed E-state index contributed by atoms with van der Waals surface area (Å²) in [6, 6.07) is 5.11. The summed E-state index contributed by atoms with van der Waals surface area (Å²) in [6.45, 7) is 5.41. The number of benzene rings is 1. The van der Waals surface area contributed by atoms with Crippen LogP contribution in [-0.2, 0) is 24.8 Å². The number of hydrogen-bond donors (Lipinski definition) is 2. The zero-order chi connectivity index (χ0) is 20.2. The molecule has 0 aromatic heterocycles. The van der Waals surface area contributed by atoms with Crippen molar-refractivity contribution in [3.63, 3.8) is 0 Å². The van der Waals surface area contributed by atoms with Crippen molar-refractivity contribution in [2.45, 2.75) is 36.1 Å². The molecule has 2 rings (SSSR count). The first kappa shape index (κ1) is 21.8. The van der Waals surface area contributed by atoms with Crippen molar-refractivity contribution in [1.82, 2.24) is 14.5 Å². The number of hydrogen-bond acceptors (Lipinski definition) is 6. The summed E-state index contributed by atoms with van der Waals surface area (Å²) in [5.41, 5.74) is 0. The lowest BCUT2D eigenvalue weighted by Gasteiger charge is -2.33. The van der Waals surface area contributed by atoms with Crippen molar-refractivity contribution in [3.8, 4) is 0 Å². The van der Waals surface area contributed by atoms with Crippen LogP contribution in [0.1, 0.15) is 20.3 Å². The predicted molar refractivity (Wildman–Crippen MR) is 101 cm³/mol. The third-order valence-electron chi connectivity index (χ3n) is 4.49. The van der Waals surface area contributed by atoms with E-state index < -0.39 is 20.0 Å². The van der Waals surface area contributed by atoms with Gasteiger partial charge in [-0.05, 0) is 31.5 Å². The van der Waals surface area contributed by atoms with E-state index in [0.717, 1.165) is 12.5 Å². The lowest BCUT2D eigenvalue weighted by atomic mass is 10.2. The van der Waals surface area contributed by atoms with Crippen LogP contribution in [0, 0.1) is 0 Å². The van der Waals surface area contributed by atoms with Crippen molar-refractivity contribution in [1.29, 1.82) is 0 Å². The molecule has 1 aliphatic heterocycles. The Bertz CT molecular complexity index is 878. The minimum atomic E-state index is -3.99. The molecule has 1 heterocycles. The van der Waals surface area contributed by atoms with Gasteiger partial charge in [-0.25, -0.2) is 22.0 Å². The summed E-state index contributed by atoms with van der Waals surface area (Å²) in [5.74, 6) is -0.0819. The molecule has 152 valence electrons. The molecule has 1 aromatic carbocycles. The molecule has 0 bridgehead atoms. The van der Waals surface area contributed by atoms with Crippen LogP contribution in [0.2, 0.25) is 0 Å². The molecule has 3 N–H and O–H groups in total. The number of carbonyl (C=O) groups is 1. The Kier molecular flexibility index (Phi) is 6.98. The van der Waals surface area contributed by atoms with Gasteiger partial charge in [0, 0.05) is 32.2 Å². The van der Waals surface area contributed by atoms with Crippen molar-refractivity contribution in [2.75, 3.05) is 32.7 Å². The molecule has 9 nitrogen and oxygen atoms in total. The zero-order valence-electron chi connectivity index (χ0n) is 15.5. The number of nitrogens with zero attached hydrogens (tertiary/aromatic N) is 2. The molecule has 0 radical (unpaired) electrons. The highest BCUT2D eigenvalue weighted by Gasteiger charge is 2.29. The molecule has 0 saturated carbocycles. The van der Waals surface area contributed by atoms with E-state index in [-0.39, 0.29) is 41.4 Å². The second-order valence-corrected chi connectivity index (χ2v) is 10.1. The average Bonchev–Trinajstić information content (AvgIpc) is 2.61. The Hall–Kier alpha value is -1.53. The van der Waals surface area contributed by atoms with Crippen LogP contribution < -0.4 is 10.5 Å². The summed E-state index contributed by atoms with van der Waals surface area (Å²) >= 11 is 0. The number of rotatable bonds is 7. The van der Waals surface area contributed by atoms with E-state index in [1.165, 1.54) is 22.5 Å². The molecule has 27 heavy (non-hydrogen) atoms. The smallest absolute Gasteiger partial charge is 0.243 e. The summed E-state index contributed by atoms with van der Waals surface area (Å²) in [7, 11) is -7.82. The Morgan fingerprint density at radius 2 is 1.74 bits per heavy atom. The number of carbonyl (C=O) groups excluding carboxylic acids is 1. The first-order valence-corrected chi connectivity index (χ1v) is 11.7. The monoisotopic (exact) mass is 418 g/mol. The van der Waals surface area contributed by atoms with Gasteiger partial charge in [0.15, 0.2) is 0 Å². The Labute approximate surface area is 160 Å². The Morgan fingerprint density at radius 3 is 2.30 bits per heavy atom. The molecule has 0 aliphatic carbocycles. The predicted octanol–water partition coefficient (Wildman–Crippen LogP) is -0.445. The van der Waals surface area contributed by atoms with Crippen LogP contribution in [0.5, 0.6) is 0 Å². The number of amides is 1. The fraction of sp³-hybridized carbons (Fsp3) is 0.562. The van der Waals surface area contributed by atoms with Crippen molar-refractivity contribution in [3.05, 3.63) is 24.3 Å². The van der Waals surface area contributed by atoms with Gasteiger partial charge >= 0.3 is 0 Å². The molecule has 1 aromatic rings. The molecule has 11 heteroatoms. The number of piperazine rings is 1. The van der Waals surface area contributed by atoms with Crippen LogP contribution in [0.15, 0.2) is 34.1 Å². The van der Waals surface area contributed by atoms with Crippen molar-refractivity contribution < 1.29 is 21.6 Å². The van der Waals surface area contributed by atoms with E-state index in [2.05, 4.69) is 5.32 Å². The molecule has 1 amide bonds. The third-order valence-corrected chi connectivity index (χ3v) is 7.30. The minimum absolute atomic E-state index is 0.0819. The lowest BCUT2D eigenvalue weighted by Crippen LogP contribution is -2.51. The highest BCUT2D eigenvalue weighted by molar-refractivity contribution is 7.90. The Balaban J connectivity index is 2.02. The first-order valence-electron chi connectivity index (χ1n) is 8.68. The number of primary sulfonamides is 1. The van der Waals surface area contributed by atoms with E-state index in [1.807, 2.05) is 18.7 Å². The summed E-state index contributed by atoms with van der Waals surface area (Å²) in [5, 5.41) is 7.96. The van der Waals surface area contributed by atoms with E-state index in [9.17, 15) is 21.6 Å². The summed E-state index contributed by atoms with van der Waals surface area (Å²) in [4.78, 5) is 13.5. The van der Waals surface area contributed by atoms with Gasteiger partial charge in [0.25, 0.3) is 0 Å². The molecular formula is C16H26N4O5S2. The maximum Gasteiger partial charge on any atom is 0.243 e. The van der Waals surface area contributed by atoms with Crippen molar-refractivity contribution >= 4 is 26.0 Å². The number of nitrogens with two attached hydrogens (primary N) is 1. The van der Waals surface area contributed by atoms with E-state index in [0.29, 0.717) is 13.1 Å². The van der Waals surface area contributed by atoms with Crippen LogP contribution in [0.3, 0.4) is 0 Å². The molecule has 1 saturated heterocycles. The van der Waals surface area contributed by atoms with Crippen LogP contribution in [0.4, 0.5) is 0 Å². The Morgan fingerprint density at radius 1 is 1.15 bits per heavy atom. The van der Waals surface area contributed by atoms with Crippen LogP contribution >= 0.6 is 0 Å². The first-order chi connectivity index (χ1) is 12.5. The normalized spacial score (nSPS) is 18.2. The van der Waals surface area contributed by atoms with Gasteiger partial charge in [-0.15, -0.1) is 0 Å². The lowest BCUT2D eigenvalue weighted by molar-refractivity contribution is -0.123. The summed E-state index contributed by atoms with van der Waals surface area (Å²) < 4.78 is 49.7. The zero-order valence-corrected chi connectivity index (χ0v) is 17.1. The largest absolute Gasteiger partial charge is 0.353 e. The molecule has 1 aliphatic rings. The van der Waals surface area contributed by atoms with E-state index in [1.54, 1.807) is 0 Å². The SMILES string of the molecule is CCC(C)NC(=O)CN1CCN(S(=O)(=O)c2cccc(S(N)(=O)=O)c2)CC1. The number of nitrogens with one attached hydrogen (secondary N) is 1. The fourth-order valence-corrected chi connectivity index (χ4v) is 4.82. The second-order valence-electron chi connectivity index (χ2n) is 6.58. The maximum atomic E-state index is 12.8.